The molecule has 0 spiro atoms. The van der Waals surface area contributed by atoms with Crippen LogP contribution in [0, 0.1) is 17.0 Å². The Kier molecular flexibility index (Phi) is 5.41. The van der Waals surface area contributed by atoms with Crippen molar-refractivity contribution >= 4 is 17.6 Å². The van der Waals surface area contributed by atoms with Gasteiger partial charge in [0.1, 0.15) is 18.5 Å². The number of nitrogens with zero attached hydrogens (tertiary/aromatic N) is 2. The first-order chi connectivity index (χ1) is 12.4. The van der Waals surface area contributed by atoms with Crippen molar-refractivity contribution in [3.8, 4) is 0 Å². The first-order valence-electron chi connectivity index (χ1n) is 8.67. The Bertz CT molecular complexity index is 692. The standard InChI is InChI=1S/C18H23F2N3O3/c1-22(11-3-6-13(25-2)7-4-11)17(21)16-10-26-18(24)23(16)12-5-8-14(19)15(20)9-12/h5,8-9,11,13,16,21H,3-4,6-7,10H2,1-2H3/t11-,13-,16-/m0/s1. The third-order valence-electron chi connectivity index (χ3n) is 5.27. The zero-order valence-electron chi connectivity index (χ0n) is 14.9. The lowest BCUT2D eigenvalue weighted by atomic mass is 9.91. The van der Waals surface area contributed by atoms with Gasteiger partial charge in [0.15, 0.2) is 11.6 Å². The molecule has 142 valence electrons. The smallest absolute Gasteiger partial charge is 0.415 e. The number of carbonyl (C=O) groups excluding carboxylic acids is 1. The maximum absolute atomic E-state index is 13.6. The van der Waals surface area contributed by atoms with E-state index in [1.807, 2.05) is 11.9 Å². The van der Waals surface area contributed by atoms with Gasteiger partial charge in [-0.1, -0.05) is 0 Å². The molecular formula is C18H23F2N3O3. The van der Waals surface area contributed by atoms with E-state index in [2.05, 4.69) is 0 Å². The average molecular weight is 367 g/mol. The van der Waals surface area contributed by atoms with Crippen molar-refractivity contribution in [1.82, 2.24) is 4.90 Å². The van der Waals surface area contributed by atoms with E-state index in [1.54, 1.807) is 7.11 Å². The fraction of sp³-hybridized carbons (Fsp3) is 0.556. The molecule has 1 saturated heterocycles. The van der Waals surface area contributed by atoms with Gasteiger partial charge in [-0.2, -0.15) is 0 Å². The summed E-state index contributed by atoms with van der Waals surface area (Å²) >= 11 is 0. The highest BCUT2D eigenvalue weighted by atomic mass is 19.2. The average Bonchev–Trinajstić information content (AvgIpc) is 3.04. The highest BCUT2D eigenvalue weighted by Crippen LogP contribution is 2.29. The lowest BCUT2D eigenvalue weighted by molar-refractivity contribution is 0.0534. The number of benzene rings is 1. The van der Waals surface area contributed by atoms with Gasteiger partial charge in [-0.3, -0.25) is 10.3 Å². The summed E-state index contributed by atoms with van der Waals surface area (Å²) < 4.78 is 37.2. The molecule has 1 heterocycles. The third-order valence-corrected chi connectivity index (χ3v) is 5.27. The Morgan fingerprint density at radius 2 is 1.96 bits per heavy atom. The molecule has 1 aliphatic heterocycles. The fourth-order valence-electron chi connectivity index (χ4n) is 3.64. The monoisotopic (exact) mass is 367 g/mol. The molecule has 0 aromatic heterocycles. The normalized spacial score (nSPS) is 25.9. The van der Waals surface area contributed by atoms with E-state index in [4.69, 9.17) is 14.9 Å². The molecule has 6 nitrogen and oxygen atoms in total. The van der Waals surface area contributed by atoms with Crippen LogP contribution in [0.5, 0.6) is 0 Å². The minimum absolute atomic E-state index is 0.00835. The van der Waals surface area contributed by atoms with E-state index in [0.29, 0.717) is 0 Å². The Morgan fingerprint density at radius 1 is 1.27 bits per heavy atom. The number of carbonyl (C=O) groups is 1. The number of methoxy groups -OCH3 is 1. The van der Waals surface area contributed by atoms with Crippen LogP contribution in [-0.4, -0.2) is 55.8 Å². The second kappa shape index (κ2) is 7.57. The van der Waals surface area contributed by atoms with Crippen molar-refractivity contribution in [2.24, 2.45) is 0 Å². The van der Waals surface area contributed by atoms with Crippen molar-refractivity contribution in [2.75, 3.05) is 25.7 Å². The van der Waals surface area contributed by atoms with Crippen molar-refractivity contribution < 1.29 is 23.0 Å². The Morgan fingerprint density at radius 3 is 2.58 bits per heavy atom. The number of ether oxygens (including phenoxy) is 2. The first-order valence-corrected chi connectivity index (χ1v) is 8.67. The molecule has 1 amide bonds. The number of hydrogen-bond acceptors (Lipinski definition) is 4. The summed E-state index contributed by atoms with van der Waals surface area (Å²) in [6, 6.07) is 2.74. The number of cyclic esters (lactones) is 1. The maximum Gasteiger partial charge on any atom is 0.415 e. The van der Waals surface area contributed by atoms with Gasteiger partial charge in [-0.05, 0) is 37.8 Å². The Balaban J connectivity index is 1.75. The van der Waals surface area contributed by atoms with Gasteiger partial charge in [-0.15, -0.1) is 0 Å². The zero-order valence-corrected chi connectivity index (χ0v) is 14.9. The summed E-state index contributed by atoms with van der Waals surface area (Å²) in [7, 11) is 3.53. The van der Waals surface area contributed by atoms with Gasteiger partial charge in [0, 0.05) is 26.3 Å². The van der Waals surface area contributed by atoms with E-state index in [-0.39, 0.29) is 30.3 Å². The maximum atomic E-state index is 13.6. The van der Waals surface area contributed by atoms with Crippen molar-refractivity contribution in [3.05, 3.63) is 29.8 Å². The van der Waals surface area contributed by atoms with Crippen LogP contribution in [0.2, 0.25) is 0 Å². The third kappa shape index (κ3) is 3.51. The summed E-state index contributed by atoms with van der Waals surface area (Å²) in [5.41, 5.74) is 0.178. The largest absolute Gasteiger partial charge is 0.446 e. The van der Waals surface area contributed by atoms with E-state index in [9.17, 15) is 13.6 Å². The van der Waals surface area contributed by atoms with Gasteiger partial charge >= 0.3 is 6.09 Å². The summed E-state index contributed by atoms with van der Waals surface area (Å²) in [5, 5.41) is 8.54. The molecule has 1 aromatic rings. The molecule has 1 saturated carbocycles. The minimum atomic E-state index is -1.04. The molecule has 1 N–H and O–H groups in total. The first kappa shape index (κ1) is 18.6. The quantitative estimate of drug-likeness (QED) is 0.656. The molecule has 1 aliphatic carbocycles. The second-order valence-corrected chi connectivity index (χ2v) is 6.72. The van der Waals surface area contributed by atoms with Gasteiger partial charge < -0.3 is 14.4 Å². The molecule has 3 rings (SSSR count). The second-order valence-electron chi connectivity index (χ2n) is 6.72. The minimum Gasteiger partial charge on any atom is -0.446 e. The van der Waals surface area contributed by atoms with Crippen LogP contribution in [0.3, 0.4) is 0 Å². The van der Waals surface area contributed by atoms with Crippen LogP contribution in [0.15, 0.2) is 18.2 Å². The van der Waals surface area contributed by atoms with Crippen LogP contribution < -0.4 is 4.90 Å². The zero-order chi connectivity index (χ0) is 18.8. The highest BCUT2D eigenvalue weighted by Gasteiger charge is 2.40. The van der Waals surface area contributed by atoms with Gasteiger partial charge in [0.25, 0.3) is 0 Å². The van der Waals surface area contributed by atoms with Gasteiger partial charge in [0.2, 0.25) is 0 Å². The fourth-order valence-corrected chi connectivity index (χ4v) is 3.64. The molecule has 1 atom stereocenters. The predicted octanol–water partition coefficient (Wildman–Crippen LogP) is 3.16. The van der Waals surface area contributed by atoms with Crippen LogP contribution in [0.1, 0.15) is 25.7 Å². The number of likely N-dealkylation sites (N-methyl/N-ethyl adjacent to an activating group) is 1. The van der Waals surface area contributed by atoms with Crippen LogP contribution >= 0.6 is 0 Å². The highest BCUT2D eigenvalue weighted by molar-refractivity contribution is 6.01. The van der Waals surface area contributed by atoms with Crippen LogP contribution in [0.25, 0.3) is 0 Å². The van der Waals surface area contributed by atoms with E-state index in [0.717, 1.165) is 37.8 Å². The lowest BCUT2D eigenvalue weighted by Gasteiger charge is -2.37. The van der Waals surface area contributed by atoms with Gasteiger partial charge in [0.05, 0.1) is 11.8 Å². The summed E-state index contributed by atoms with van der Waals surface area (Å²) in [5.74, 6) is -1.81. The number of amidine groups is 1. The molecule has 2 aliphatic rings. The number of halogens is 2. The Hall–Kier alpha value is -2.22. The molecule has 1 aromatic carbocycles. The van der Waals surface area contributed by atoms with Crippen molar-refractivity contribution in [2.45, 2.75) is 43.9 Å². The SMILES string of the molecule is CO[C@H]1CC[C@H](N(C)C(=N)[C@@H]2COC(=O)N2c2ccc(F)c(F)c2)CC1. The number of amides is 1. The summed E-state index contributed by atoms with van der Waals surface area (Å²) in [6.07, 6.45) is 3.22. The van der Waals surface area contributed by atoms with E-state index in [1.165, 1.54) is 11.0 Å². The van der Waals surface area contributed by atoms with E-state index >= 15 is 0 Å². The summed E-state index contributed by atoms with van der Waals surface area (Å²) in [4.78, 5) is 15.2. The van der Waals surface area contributed by atoms with Crippen molar-refractivity contribution in [3.63, 3.8) is 0 Å². The van der Waals surface area contributed by atoms with Crippen LogP contribution in [0.4, 0.5) is 19.3 Å². The molecule has 2 fully saturated rings. The van der Waals surface area contributed by atoms with E-state index < -0.39 is 23.8 Å². The molecule has 26 heavy (non-hydrogen) atoms. The molecule has 0 radical (unpaired) electrons. The number of nitrogens with one attached hydrogen (secondary N) is 1. The number of hydrogen-bond donors (Lipinski definition) is 1. The van der Waals surface area contributed by atoms with Crippen LogP contribution in [-0.2, 0) is 9.47 Å². The van der Waals surface area contributed by atoms with Gasteiger partial charge in [-0.25, -0.2) is 13.6 Å². The molecule has 0 bridgehead atoms. The summed E-state index contributed by atoms with van der Waals surface area (Å²) in [6.45, 7) is 0.00835. The molecular weight excluding hydrogens is 344 g/mol. The Labute approximate surface area is 151 Å². The lowest BCUT2D eigenvalue weighted by Crippen LogP contribution is -2.50. The van der Waals surface area contributed by atoms with Crippen molar-refractivity contribution in [1.29, 1.82) is 5.41 Å². The number of rotatable bonds is 4. The molecule has 0 unspecified atom stereocenters. The topological polar surface area (TPSA) is 65.9 Å². The predicted molar refractivity (Wildman–Crippen MR) is 92.5 cm³/mol. The molecule has 8 heteroatoms. The number of anilines is 1.